The summed E-state index contributed by atoms with van der Waals surface area (Å²) in [5.41, 5.74) is 1.78. The van der Waals surface area contributed by atoms with Gasteiger partial charge in [-0.3, -0.25) is 19.3 Å². The molecule has 0 spiro atoms. The molecule has 0 saturated carbocycles. The lowest BCUT2D eigenvalue weighted by molar-refractivity contribution is -0.137. The van der Waals surface area contributed by atoms with Gasteiger partial charge in [0.05, 0.1) is 15.5 Å². The van der Waals surface area contributed by atoms with Crippen LogP contribution in [0.1, 0.15) is 27.0 Å². The molecule has 0 unspecified atom stereocenters. The van der Waals surface area contributed by atoms with Crippen molar-refractivity contribution in [2.45, 2.75) is 24.2 Å². The van der Waals surface area contributed by atoms with Crippen molar-refractivity contribution in [2.24, 2.45) is 0 Å². The van der Waals surface area contributed by atoms with Gasteiger partial charge in [0.15, 0.2) is 0 Å². The third kappa shape index (κ3) is 8.17. The van der Waals surface area contributed by atoms with Gasteiger partial charge in [-0.2, -0.15) is 13.2 Å². The van der Waals surface area contributed by atoms with Crippen molar-refractivity contribution in [1.29, 1.82) is 0 Å². The standard InChI is InChI=1S/C32H30ClF3N4O3S/c33-30-15-12-27(20-29(30)32(34,35)36)38-44(42,43)28-13-10-26(11-14-28)37-31(41)25-8-6-24(7-9-25)22-40-18-16-39(17-19-40)21-23-4-2-1-3-5-23/h1-15,20,38H,16-19,21-22H2,(H,37,41). The molecule has 1 heterocycles. The number of piperazine rings is 1. The highest BCUT2D eigenvalue weighted by atomic mass is 35.5. The number of hydrogen-bond acceptors (Lipinski definition) is 5. The second kappa shape index (κ2) is 13.4. The van der Waals surface area contributed by atoms with Crippen molar-refractivity contribution in [1.82, 2.24) is 9.80 Å². The Balaban J connectivity index is 1.13. The fourth-order valence-corrected chi connectivity index (χ4v) is 6.18. The first-order valence-corrected chi connectivity index (χ1v) is 15.7. The number of hydrogen-bond donors (Lipinski definition) is 2. The summed E-state index contributed by atoms with van der Waals surface area (Å²) in [5.74, 6) is -0.361. The number of sulfonamides is 1. The first-order chi connectivity index (χ1) is 21.0. The maximum Gasteiger partial charge on any atom is 0.417 e. The first kappa shape index (κ1) is 31.5. The summed E-state index contributed by atoms with van der Waals surface area (Å²) in [6.45, 7) is 5.65. The van der Waals surface area contributed by atoms with E-state index in [1.165, 1.54) is 29.8 Å². The molecule has 1 aliphatic heterocycles. The van der Waals surface area contributed by atoms with Gasteiger partial charge < -0.3 is 5.32 Å². The predicted octanol–water partition coefficient (Wildman–Crippen LogP) is 6.73. The molecule has 4 aromatic carbocycles. The average molecular weight is 643 g/mol. The van der Waals surface area contributed by atoms with Crippen molar-refractivity contribution in [3.05, 3.63) is 124 Å². The van der Waals surface area contributed by atoms with Gasteiger partial charge in [-0.1, -0.05) is 54.1 Å². The Labute approximate surface area is 259 Å². The molecule has 230 valence electrons. The molecule has 7 nitrogen and oxygen atoms in total. The van der Waals surface area contributed by atoms with Crippen LogP contribution < -0.4 is 10.0 Å². The molecule has 4 aromatic rings. The maximum atomic E-state index is 13.1. The number of halogens is 4. The second-order valence-electron chi connectivity index (χ2n) is 10.5. The number of carbonyl (C=O) groups is 1. The zero-order valence-electron chi connectivity index (χ0n) is 23.5. The van der Waals surface area contributed by atoms with E-state index in [2.05, 4.69) is 44.1 Å². The van der Waals surface area contributed by atoms with E-state index in [1.54, 1.807) is 12.1 Å². The summed E-state index contributed by atoms with van der Waals surface area (Å²) in [4.78, 5) is 17.5. The second-order valence-corrected chi connectivity index (χ2v) is 12.6. The molecule has 0 radical (unpaired) electrons. The molecule has 5 rings (SSSR count). The lowest BCUT2D eigenvalue weighted by Gasteiger charge is -2.34. The summed E-state index contributed by atoms with van der Waals surface area (Å²) < 4.78 is 67.0. The van der Waals surface area contributed by atoms with Gasteiger partial charge in [0.25, 0.3) is 15.9 Å². The summed E-state index contributed by atoms with van der Waals surface area (Å²) in [6, 6.07) is 25.8. The van der Waals surface area contributed by atoms with E-state index in [0.29, 0.717) is 17.3 Å². The van der Waals surface area contributed by atoms with E-state index in [0.717, 1.165) is 57.0 Å². The number of nitrogens with zero attached hydrogens (tertiary/aromatic N) is 2. The van der Waals surface area contributed by atoms with Crippen LogP contribution in [0.2, 0.25) is 5.02 Å². The highest BCUT2D eigenvalue weighted by Crippen LogP contribution is 2.36. The Morgan fingerprint density at radius 3 is 1.86 bits per heavy atom. The van der Waals surface area contributed by atoms with Gasteiger partial charge in [-0.15, -0.1) is 0 Å². The van der Waals surface area contributed by atoms with Crippen molar-refractivity contribution in [3.63, 3.8) is 0 Å². The summed E-state index contributed by atoms with van der Waals surface area (Å²) in [5, 5.41) is 2.19. The minimum atomic E-state index is -4.74. The van der Waals surface area contributed by atoms with Crippen LogP contribution in [0.3, 0.4) is 0 Å². The van der Waals surface area contributed by atoms with Crippen molar-refractivity contribution >= 4 is 38.9 Å². The third-order valence-electron chi connectivity index (χ3n) is 7.28. The quantitative estimate of drug-likeness (QED) is 0.212. The number of carbonyl (C=O) groups excluding carboxylic acids is 1. The van der Waals surface area contributed by atoms with Gasteiger partial charge in [0.2, 0.25) is 0 Å². The van der Waals surface area contributed by atoms with Gasteiger partial charge >= 0.3 is 6.18 Å². The summed E-state index contributed by atoms with van der Waals surface area (Å²) in [6.07, 6.45) is -4.74. The van der Waals surface area contributed by atoms with Crippen molar-refractivity contribution in [3.8, 4) is 0 Å². The van der Waals surface area contributed by atoms with E-state index in [-0.39, 0.29) is 16.5 Å². The van der Waals surface area contributed by atoms with E-state index in [1.807, 2.05) is 18.2 Å². The summed E-state index contributed by atoms with van der Waals surface area (Å²) in [7, 11) is -4.20. The van der Waals surface area contributed by atoms with Crippen LogP contribution >= 0.6 is 11.6 Å². The topological polar surface area (TPSA) is 81.7 Å². The van der Waals surface area contributed by atoms with Gasteiger partial charge in [0.1, 0.15) is 0 Å². The average Bonchev–Trinajstić information content (AvgIpc) is 2.99. The Morgan fingerprint density at radius 2 is 1.30 bits per heavy atom. The lowest BCUT2D eigenvalue weighted by Crippen LogP contribution is -2.45. The number of rotatable bonds is 9. The maximum absolute atomic E-state index is 13.1. The molecule has 0 aromatic heterocycles. The highest BCUT2D eigenvalue weighted by molar-refractivity contribution is 7.92. The largest absolute Gasteiger partial charge is 0.417 e. The number of alkyl halides is 3. The molecule has 1 aliphatic rings. The molecule has 1 saturated heterocycles. The molecule has 1 fully saturated rings. The molecule has 0 bridgehead atoms. The van der Waals surface area contributed by atoms with Crippen LogP contribution in [0.5, 0.6) is 0 Å². The smallest absolute Gasteiger partial charge is 0.322 e. The Kier molecular flexibility index (Phi) is 9.59. The highest BCUT2D eigenvalue weighted by Gasteiger charge is 2.33. The molecule has 0 aliphatic carbocycles. The van der Waals surface area contributed by atoms with E-state index in [9.17, 15) is 26.4 Å². The zero-order chi connectivity index (χ0) is 31.3. The van der Waals surface area contributed by atoms with Crippen LogP contribution in [-0.2, 0) is 29.3 Å². The van der Waals surface area contributed by atoms with Gasteiger partial charge in [-0.05, 0) is 65.7 Å². The summed E-state index contributed by atoms with van der Waals surface area (Å²) >= 11 is 5.61. The lowest BCUT2D eigenvalue weighted by atomic mass is 10.1. The zero-order valence-corrected chi connectivity index (χ0v) is 25.1. The molecular formula is C32H30ClF3N4O3S. The van der Waals surface area contributed by atoms with Crippen molar-refractivity contribution < 1.29 is 26.4 Å². The number of anilines is 2. The Hall–Kier alpha value is -3.90. The fraction of sp³-hybridized carbons (Fsp3) is 0.219. The fourth-order valence-electron chi connectivity index (χ4n) is 4.91. The minimum Gasteiger partial charge on any atom is -0.322 e. The SMILES string of the molecule is O=C(Nc1ccc(S(=O)(=O)Nc2ccc(Cl)c(C(F)(F)F)c2)cc1)c1ccc(CN2CCN(Cc3ccccc3)CC2)cc1. The number of benzene rings is 4. The van der Waals surface area contributed by atoms with Crippen LogP contribution in [0, 0.1) is 0 Å². The first-order valence-electron chi connectivity index (χ1n) is 13.8. The van der Waals surface area contributed by atoms with Gasteiger partial charge in [-0.25, -0.2) is 8.42 Å². The van der Waals surface area contributed by atoms with Gasteiger partial charge in [0, 0.05) is 56.2 Å². The Bertz CT molecular complexity index is 1690. The van der Waals surface area contributed by atoms with Crippen LogP contribution in [0.15, 0.2) is 102 Å². The minimum absolute atomic E-state index is 0.191. The predicted molar refractivity (Wildman–Crippen MR) is 165 cm³/mol. The normalized spacial score (nSPS) is 14.7. The monoisotopic (exact) mass is 642 g/mol. The van der Waals surface area contributed by atoms with E-state index < -0.39 is 26.8 Å². The van der Waals surface area contributed by atoms with E-state index in [4.69, 9.17) is 11.6 Å². The molecule has 1 amide bonds. The van der Waals surface area contributed by atoms with Crippen LogP contribution in [0.4, 0.5) is 24.5 Å². The van der Waals surface area contributed by atoms with Crippen LogP contribution in [0.25, 0.3) is 0 Å². The Morgan fingerprint density at radius 1 is 0.750 bits per heavy atom. The number of amides is 1. The molecule has 0 atom stereocenters. The van der Waals surface area contributed by atoms with Crippen molar-refractivity contribution in [2.75, 3.05) is 36.2 Å². The third-order valence-corrected chi connectivity index (χ3v) is 9.01. The molecule has 44 heavy (non-hydrogen) atoms. The molecular weight excluding hydrogens is 613 g/mol. The van der Waals surface area contributed by atoms with E-state index >= 15 is 0 Å². The molecule has 2 N–H and O–H groups in total. The molecule has 12 heteroatoms. The number of nitrogens with one attached hydrogen (secondary N) is 2. The van der Waals surface area contributed by atoms with Crippen LogP contribution in [-0.4, -0.2) is 50.3 Å².